The van der Waals surface area contributed by atoms with E-state index in [0.29, 0.717) is 12.4 Å². The molecule has 3 rings (SSSR count). The van der Waals surface area contributed by atoms with Crippen molar-refractivity contribution in [3.63, 3.8) is 0 Å². The van der Waals surface area contributed by atoms with Crippen LogP contribution >= 0.6 is 11.3 Å². The van der Waals surface area contributed by atoms with Crippen LogP contribution in [-0.2, 0) is 16.6 Å². The van der Waals surface area contributed by atoms with Crippen LogP contribution in [-0.4, -0.2) is 23.2 Å². The van der Waals surface area contributed by atoms with Crippen molar-refractivity contribution in [3.05, 3.63) is 29.6 Å². The van der Waals surface area contributed by atoms with E-state index in [9.17, 15) is 8.42 Å². The molecule has 0 saturated carbocycles. The van der Waals surface area contributed by atoms with E-state index in [1.165, 1.54) is 0 Å². The summed E-state index contributed by atoms with van der Waals surface area (Å²) in [6, 6.07) is 7.92. The number of sulfonamides is 1. The minimum atomic E-state index is -3.89. The number of thiophene rings is 1. The van der Waals surface area contributed by atoms with Gasteiger partial charge in [0.2, 0.25) is 0 Å². The molecule has 0 spiro atoms. The molecule has 0 amide bonds. The standard InChI is InChI=1S/C13H14N4O2S2/c1-2-7-17-12(15-16-13(17)21(14,18)19)10-8-20-11-6-4-3-5-9(10)11/h3-6,8H,2,7H2,1H3,(H2,14,18,19). The Bertz CT molecular complexity index is 896. The first-order chi connectivity index (χ1) is 10.0. The number of nitrogens with two attached hydrogens (primary N) is 1. The topological polar surface area (TPSA) is 90.9 Å². The van der Waals surface area contributed by atoms with Crippen LogP contribution < -0.4 is 5.14 Å². The highest BCUT2D eigenvalue weighted by Gasteiger charge is 2.22. The zero-order chi connectivity index (χ0) is 15.0. The van der Waals surface area contributed by atoms with E-state index in [0.717, 1.165) is 22.1 Å². The van der Waals surface area contributed by atoms with Crippen LogP contribution in [0.2, 0.25) is 0 Å². The van der Waals surface area contributed by atoms with E-state index in [-0.39, 0.29) is 5.16 Å². The molecule has 110 valence electrons. The number of rotatable bonds is 4. The number of hydrogen-bond donors (Lipinski definition) is 1. The normalized spacial score (nSPS) is 12.1. The van der Waals surface area contributed by atoms with Crippen molar-refractivity contribution in [1.29, 1.82) is 0 Å². The van der Waals surface area contributed by atoms with Crippen LogP contribution in [0, 0.1) is 0 Å². The van der Waals surface area contributed by atoms with Gasteiger partial charge in [0.1, 0.15) is 0 Å². The first kappa shape index (κ1) is 14.2. The van der Waals surface area contributed by atoms with E-state index in [2.05, 4.69) is 10.2 Å². The van der Waals surface area contributed by atoms with Gasteiger partial charge < -0.3 is 0 Å². The van der Waals surface area contributed by atoms with Crippen LogP contribution in [0.5, 0.6) is 0 Å². The highest BCUT2D eigenvalue weighted by atomic mass is 32.2. The van der Waals surface area contributed by atoms with Gasteiger partial charge in [-0.15, -0.1) is 21.5 Å². The summed E-state index contributed by atoms with van der Waals surface area (Å²) in [7, 11) is -3.89. The smallest absolute Gasteiger partial charge is 0.273 e. The maximum Gasteiger partial charge on any atom is 0.273 e. The van der Waals surface area contributed by atoms with Gasteiger partial charge in [0, 0.05) is 27.6 Å². The summed E-state index contributed by atoms with van der Waals surface area (Å²) in [5, 5.41) is 15.9. The quantitative estimate of drug-likeness (QED) is 0.797. The monoisotopic (exact) mass is 322 g/mol. The van der Waals surface area contributed by atoms with Gasteiger partial charge in [-0.25, -0.2) is 13.6 Å². The van der Waals surface area contributed by atoms with Crippen molar-refractivity contribution >= 4 is 31.4 Å². The Morgan fingerprint density at radius 2 is 2.05 bits per heavy atom. The van der Waals surface area contributed by atoms with E-state index in [1.807, 2.05) is 36.6 Å². The third kappa shape index (κ3) is 2.45. The average molecular weight is 322 g/mol. The molecule has 0 bridgehead atoms. The molecule has 0 fully saturated rings. The van der Waals surface area contributed by atoms with Gasteiger partial charge in [-0.05, 0) is 12.5 Å². The Morgan fingerprint density at radius 3 is 2.76 bits per heavy atom. The maximum absolute atomic E-state index is 11.6. The first-order valence-corrected chi connectivity index (χ1v) is 8.87. The summed E-state index contributed by atoms with van der Waals surface area (Å²) in [4.78, 5) is 0. The molecule has 0 aliphatic heterocycles. The predicted octanol–water partition coefficient (Wildman–Crippen LogP) is 2.22. The summed E-state index contributed by atoms with van der Waals surface area (Å²) in [5.41, 5.74) is 0.881. The molecule has 21 heavy (non-hydrogen) atoms. The van der Waals surface area contributed by atoms with Crippen molar-refractivity contribution in [2.75, 3.05) is 0 Å². The van der Waals surface area contributed by atoms with Gasteiger partial charge in [0.25, 0.3) is 15.2 Å². The summed E-state index contributed by atoms with van der Waals surface area (Å²) >= 11 is 1.59. The van der Waals surface area contributed by atoms with Gasteiger partial charge in [-0.2, -0.15) is 0 Å². The molecular weight excluding hydrogens is 308 g/mol. The summed E-state index contributed by atoms with van der Waals surface area (Å²) in [6.45, 7) is 2.46. The second-order valence-electron chi connectivity index (χ2n) is 4.65. The molecule has 0 aliphatic carbocycles. The van der Waals surface area contributed by atoms with Crippen molar-refractivity contribution in [1.82, 2.24) is 14.8 Å². The fourth-order valence-electron chi connectivity index (χ4n) is 2.27. The molecule has 2 N–H and O–H groups in total. The molecule has 0 unspecified atom stereocenters. The molecule has 2 heterocycles. The second-order valence-corrected chi connectivity index (χ2v) is 7.01. The van der Waals surface area contributed by atoms with Gasteiger partial charge in [0.05, 0.1) is 0 Å². The number of primary sulfonamides is 1. The van der Waals surface area contributed by atoms with Crippen LogP contribution in [0.15, 0.2) is 34.8 Å². The average Bonchev–Trinajstić information content (AvgIpc) is 3.02. The summed E-state index contributed by atoms with van der Waals surface area (Å²) in [5.74, 6) is 0.540. The van der Waals surface area contributed by atoms with Crippen molar-refractivity contribution in [2.45, 2.75) is 25.0 Å². The number of benzene rings is 1. The first-order valence-electron chi connectivity index (χ1n) is 6.45. The Balaban J connectivity index is 2.25. The van der Waals surface area contributed by atoms with Crippen molar-refractivity contribution < 1.29 is 8.42 Å². The second kappa shape index (κ2) is 5.21. The third-order valence-electron chi connectivity index (χ3n) is 3.14. The van der Waals surface area contributed by atoms with Gasteiger partial charge in [-0.1, -0.05) is 25.1 Å². The predicted molar refractivity (Wildman–Crippen MR) is 82.5 cm³/mol. The molecule has 0 saturated heterocycles. The summed E-state index contributed by atoms with van der Waals surface area (Å²) < 4.78 is 26.0. The van der Waals surface area contributed by atoms with E-state index in [4.69, 9.17) is 5.14 Å². The Morgan fingerprint density at radius 1 is 1.29 bits per heavy atom. The minimum absolute atomic E-state index is 0.186. The molecule has 0 radical (unpaired) electrons. The lowest BCUT2D eigenvalue weighted by atomic mass is 10.1. The number of aromatic nitrogens is 3. The highest BCUT2D eigenvalue weighted by molar-refractivity contribution is 7.89. The van der Waals surface area contributed by atoms with Gasteiger partial charge in [0.15, 0.2) is 5.82 Å². The highest BCUT2D eigenvalue weighted by Crippen LogP contribution is 2.33. The van der Waals surface area contributed by atoms with Gasteiger partial charge >= 0.3 is 0 Å². The lowest BCUT2D eigenvalue weighted by Crippen LogP contribution is -2.19. The van der Waals surface area contributed by atoms with E-state index >= 15 is 0 Å². The lowest BCUT2D eigenvalue weighted by Gasteiger charge is -2.07. The van der Waals surface area contributed by atoms with Crippen LogP contribution in [0.1, 0.15) is 13.3 Å². The Labute approximate surface area is 126 Å². The molecule has 2 aromatic heterocycles. The molecule has 0 aliphatic rings. The third-order valence-corrected chi connectivity index (χ3v) is 4.91. The summed E-state index contributed by atoms with van der Waals surface area (Å²) in [6.07, 6.45) is 0.760. The molecule has 6 nitrogen and oxygen atoms in total. The SMILES string of the molecule is CCCn1c(-c2csc3ccccc23)nnc1S(N)(=O)=O. The molecule has 0 atom stereocenters. The Kier molecular flexibility index (Phi) is 3.52. The van der Waals surface area contributed by atoms with E-state index < -0.39 is 10.0 Å². The fourth-order valence-corrected chi connectivity index (χ4v) is 3.85. The van der Waals surface area contributed by atoms with Crippen LogP contribution in [0.25, 0.3) is 21.5 Å². The number of fused-ring (bicyclic) bond motifs is 1. The zero-order valence-electron chi connectivity index (χ0n) is 11.4. The van der Waals surface area contributed by atoms with Crippen LogP contribution in [0.3, 0.4) is 0 Å². The maximum atomic E-state index is 11.6. The Hall–Kier alpha value is -1.77. The minimum Gasteiger partial charge on any atom is -0.297 e. The van der Waals surface area contributed by atoms with Gasteiger partial charge in [-0.3, -0.25) is 4.57 Å². The molecule has 3 aromatic rings. The number of hydrogen-bond acceptors (Lipinski definition) is 5. The number of nitrogens with zero attached hydrogens (tertiary/aromatic N) is 3. The molecule has 8 heteroatoms. The van der Waals surface area contributed by atoms with Crippen LogP contribution in [0.4, 0.5) is 0 Å². The lowest BCUT2D eigenvalue weighted by molar-refractivity contribution is 0.560. The molecule has 1 aromatic carbocycles. The van der Waals surface area contributed by atoms with Crippen molar-refractivity contribution in [2.24, 2.45) is 5.14 Å². The fraction of sp³-hybridized carbons (Fsp3) is 0.231. The zero-order valence-corrected chi connectivity index (χ0v) is 13.0. The van der Waals surface area contributed by atoms with E-state index in [1.54, 1.807) is 15.9 Å². The largest absolute Gasteiger partial charge is 0.297 e. The van der Waals surface area contributed by atoms with Crippen molar-refractivity contribution in [3.8, 4) is 11.4 Å². The molecular formula is C13H14N4O2S2.